The molecule has 1 aliphatic rings. The van der Waals surface area contributed by atoms with Crippen molar-refractivity contribution in [3.8, 4) is 11.5 Å². The summed E-state index contributed by atoms with van der Waals surface area (Å²) >= 11 is 21.3. The third kappa shape index (κ3) is 8.70. The normalized spacial score (nSPS) is 14.6. The Bertz CT molecular complexity index is 1580. The highest BCUT2D eigenvalue weighted by atomic mass is 79.9. The molecule has 224 valence electrons. The molecular formula is C30H27BrCl2N4O5S. The SMILES string of the molecule is CCOC(=O)C1=C(C)NC(=S)N[C@H]1c1ccccc1OCC(=O)NN=Cc1cc(Cl)cc(Cl)c1OCc1ccc(Br)cc1. The van der Waals surface area contributed by atoms with Gasteiger partial charge in [-0.3, -0.25) is 4.79 Å². The predicted octanol–water partition coefficient (Wildman–Crippen LogP) is 6.22. The summed E-state index contributed by atoms with van der Waals surface area (Å²) in [6.45, 7) is 3.59. The fourth-order valence-corrected chi connectivity index (χ4v) is 5.27. The Labute approximate surface area is 272 Å². The fourth-order valence-electron chi connectivity index (χ4n) is 4.17. The maximum Gasteiger partial charge on any atom is 0.338 e. The molecule has 0 bridgehead atoms. The largest absolute Gasteiger partial charge is 0.487 e. The number of esters is 1. The Morgan fingerprint density at radius 1 is 1.12 bits per heavy atom. The molecule has 3 aromatic carbocycles. The Morgan fingerprint density at radius 2 is 1.86 bits per heavy atom. The molecule has 0 radical (unpaired) electrons. The fraction of sp³-hybridized carbons (Fsp3) is 0.200. The topological polar surface area (TPSA) is 110 Å². The van der Waals surface area contributed by atoms with E-state index in [1.165, 1.54) is 6.21 Å². The number of hydrogen-bond acceptors (Lipinski definition) is 7. The van der Waals surface area contributed by atoms with E-state index >= 15 is 0 Å². The molecule has 4 rings (SSSR count). The first-order valence-corrected chi connectivity index (χ1v) is 15.0. The molecule has 43 heavy (non-hydrogen) atoms. The van der Waals surface area contributed by atoms with Crippen LogP contribution in [0.2, 0.25) is 10.0 Å². The zero-order chi connectivity index (χ0) is 30.9. The average molecular weight is 706 g/mol. The third-order valence-corrected chi connectivity index (χ3v) is 7.33. The van der Waals surface area contributed by atoms with E-state index in [1.807, 2.05) is 24.3 Å². The lowest BCUT2D eigenvalue weighted by molar-refractivity contribution is -0.139. The van der Waals surface area contributed by atoms with Crippen LogP contribution in [0.25, 0.3) is 0 Å². The van der Waals surface area contributed by atoms with Crippen LogP contribution in [-0.4, -0.2) is 36.4 Å². The van der Waals surface area contributed by atoms with Crippen molar-refractivity contribution in [1.29, 1.82) is 0 Å². The molecule has 13 heteroatoms. The molecule has 1 amide bonds. The van der Waals surface area contributed by atoms with E-state index in [4.69, 9.17) is 49.6 Å². The summed E-state index contributed by atoms with van der Waals surface area (Å²) in [5, 5.41) is 11.1. The molecule has 0 saturated heterocycles. The quantitative estimate of drug-likeness (QED) is 0.0934. The molecule has 0 saturated carbocycles. The van der Waals surface area contributed by atoms with Gasteiger partial charge in [0.2, 0.25) is 0 Å². The Kier molecular flexibility index (Phi) is 11.4. The first-order valence-electron chi connectivity index (χ1n) is 13.0. The summed E-state index contributed by atoms with van der Waals surface area (Å²) in [6, 6.07) is 17.2. The van der Waals surface area contributed by atoms with Gasteiger partial charge in [-0.15, -0.1) is 0 Å². The number of hydrogen-bond donors (Lipinski definition) is 3. The summed E-state index contributed by atoms with van der Waals surface area (Å²) in [5.41, 5.74) is 5.37. The Morgan fingerprint density at radius 3 is 2.60 bits per heavy atom. The number of ether oxygens (including phenoxy) is 3. The maximum atomic E-state index is 12.8. The van der Waals surface area contributed by atoms with Gasteiger partial charge in [0.05, 0.1) is 29.5 Å². The number of allylic oxidation sites excluding steroid dienone is 1. The molecule has 9 nitrogen and oxygen atoms in total. The van der Waals surface area contributed by atoms with E-state index in [-0.39, 0.29) is 19.8 Å². The molecule has 1 aliphatic heterocycles. The molecular weight excluding hydrogens is 679 g/mol. The van der Waals surface area contributed by atoms with E-state index in [0.717, 1.165) is 10.0 Å². The molecule has 3 aromatic rings. The van der Waals surface area contributed by atoms with Crippen molar-refractivity contribution in [2.24, 2.45) is 5.10 Å². The predicted molar refractivity (Wildman–Crippen MR) is 174 cm³/mol. The molecule has 0 unspecified atom stereocenters. The van der Waals surface area contributed by atoms with Gasteiger partial charge in [0.1, 0.15) is 18.1 Å². The second kappa shape index (κ2) is 15.2. The summed E-state index contributed by atoms with van der Waals surface area (Å²) in [4.78, 5) is 25.4. The number of rotatable bonds is 11. The maximum absolute atomic E-state index is 12.8. The number of thiocarbonyl (C=S) groups is 1. The average Bonchev–Trinajstić information content (AvgIpc) is 2.96. The van der Waals surface area contributed by atoms with Gasteiger partial charge in [-0.05, 0) is 62.0 Å². The first-order chi connectivity index (χ1) is 20.7. The molecule has 0 fully saturated rings. The number of para-hydroxylation sites is 1. The van der Waals surface area contributed by atoms with Crippen molar-refractivity contribution >= 4 is 74.6 Å². The van der Waals surface area contributed by atoms with Crippen molar-refractivity contribution in [2.75, 3.05) is 13.2 Å². The number of amides is 1. The summed E-state index contributed by atoms with van der Waals surface area (Å²) < 4.78 is 18.0. The second-order valence-electron chi connectivity index (χ2n) is 9.13. The van der Waals surface area contributed by atoms with Gasteiger partial charge in [0.15, 0.2) is 11.7 Å². The summed E-state index contributed by atoms with van der Waals surface area (Å²) in [6.07, 6.45) is 1.39. The molecule has 0 aromatic heterocycles. The minimum Gasteiger partial charge on any atom is -0.487 e. The van der Waals surface area contributed by atoms with Crippen LogP contribution in [0, 0.1) is 0 Å². The zero-order valence-electron chi connectivity index (χ0n) is 23.1. The monoisotopic (exact) mass is 704 g/mol. The first kappa shape index (κ1) is 32.3. The van der Waals surface area contributed by atoms with Crippen LogP contribution in [0.1, 0.15) is 36.6 Å². The van der Waals surface area contributed by atoms with Crippen LogP contribution in [0.4, 0.5) is 0 Å². The van der Waals surface area contributed by atoms with Crippen LogP contribution >= 0.6 is 51.3 Å². The van der Waals surface area contributed by atoms with Crippen LogP contribution < -0.4 is 25.5 Å². The van der Waals surface area contributed by atoms with E-state index in [2.05, 4.69) is 37.1 Å². The van der Waals surface area contributed by atoms with Gasteiger partial charge in [0.25, 0.3) is 5.91 Å². The van der Waals surface area contributed by atoms with Crippen molar-refractivity contribution in [1.82, 2.24) is 16.1 Å². The minimum absolute atomic E-state index is 0.214. The molecule has 0 aliphatic carbocycles. The lowest BCUT2D eigenvalue weighted by Gasteiger charge is -2.30. The zero-order valence-corrected chi connectivity index (χ0v) is 27.0. The van der Waals surface area contributed by atoms with Crippen LogP contribution in [0.15, 0.2) is 81.5 Å². The van der Waals surface area contributed by atoms with E-state index < -0.39 is 17.9 Å². The number of carbonyl (C=O) groups is 2. The number of hydrazone groups is 1. The van der Waals surface area contributed by atoms with Crippen LogP contribution in [0.3, 0.4) is 0 Å². The molecule has 3 N–H and O–H groups in total. The van der Waals surface area contributed by atoms with Gasteiger partial charge in [-0.1, -0.05) is 69.5 Å². The number of nitrogens with one attached hydrogen (secondary N) is 3. The molecule has 1 heterocycles. The lowest BCUT2D eigenvalue weighted by atomic mass is 9.95. The van der Waals surface area contributed by atoms with Crippen molar-refractivity contribution in [3.05, 3.63) is 103 Å². The van der Waals surface area contributed by atoms with E-state index in [1.54, 1.807) is 50.2 Å². The highest BCUT2D eigenvalue weighted by Crippen LogP contribution is 2.34. The van der Waals surface area contributed by atoms with E-state index in [9.17, 15) is 9.59 Å². The second-order valence-corrected chi connectivity index (χ2v) is 11.3. The molecule has 1 atom stereocenters. The van der Waals surface area contributed by atoms with Gasteiger partial charge in [0, 0.05) is 26.3 Å². The number of nitrogens with zero attached hydrogens (tertiary/aromatic N) is 1. The summed E-state index contributed by atoms with van der Waals surface area (Å²) in [5.74, 6) is -0.271. The number of halogens is 3. The van der Waals surface area contributed by atoms with Crippen LogP contribution in [-0.2, 0) is 20.9 Å². The summed E-state index contributed by atoms with van der Waals surface area (Å²) in [7, 11) is 0. The van der Waals surface area contributed by atoms with Gasteiger partial charge < -0.3 is 24.8 Å². The smallest absolute Gasteiger partial charge is 0.338 e. The Balaban J connectivity index is 1.43. The third-order valence-electron chi connectivity index (χ3n) is 6.08. The van der Waals surface area contributed by atoms with Gasteiger partial charge in [-0.25, -0.2) is 10.2 Å². The standard InChI is InChI=1S/C30H27BrCl2N4O5S/c1-3-40-29(39)26-17(2)35-30(43)36-27(26)22-6-4-5-7-24(22)41-16-25(38)37-34-14-19-12-21(32)13-23(33)28(19)42-15-18-8-10-20(31)11-9-18/h4-14,27H,3,15-16H2,1-2H3,(H,37,38)(H2,35,36,43)/t27-/m0/s1. The van der Waals surface area contributed by atoms with Crippen molar-refractivity contribution in [2.45, 2.75) is 26.5 Å². The van der Waals surface area contributed by atoms with Crippen molar-refractivity contribution in [3.63, 3.8) is 0 Å². The number of carbonyl (C=O) groups excluding carboxylic acids is 2. The lowest BCUT2D eigenvalue weighted by Crippen LogP contribution is -2.45. The highest BCUT2D eigenvalue weighted by Gasteiger charge is 2.32. The Hall–Kier alpha value is -3.64. The minimum atomic E-state index is -0.645. The van der Waals surface area contributed by atoms with Crippen molar-refractivity contribution < 1.29 is 23.8 Å². The van der Waals surface area contributed by atoms with Gasteiger partial charge >= 0.3 is 5.97 Å². The molecule has 0 spiro atoms. The number of benzene rings is 3. The highest BCUT2D eigenvalue weighted by molar-refractivity contribution is 9.10. The van der Waals surface area contributed by atoms with Crippen LogP contribution in [0.5, 0.6) is 11.5 Å². The van der Waals surface area contributed by atoms with Gasteiger partial charge in [-0.2, -0.15) is 5.10 Å². The van der Waals surface area contributed by atoms with E-state index in [0.29, 0.717) is 49.1 Å².